The van der Waals surface area contributed by atoms with Crippen LogP contribution in [-0.4, -0.2) is 60.4 Å². The lowest BCUT2D eigenvalue weighted by Crippen LogP contribution is -2.54. The van der Waals surface area contributed by atoms with Gasteiger partial charge in [0.25, 0.3) is 5.91 Å². The largest absolute Gasteiger partial charge is 0.338 e. The van der Waals surface area contributed by atoms with E-state index in [1.165, 1.54) is 0 Å². The molecule has 7 heteroatoms. The first-order valence-electron chi connectivity index (χ1n) is 7.83. The molecule has 23 heavy (non-hydrogen) atoms. The Balaban J connectivity index is 1.61. The van der Waals surface area contributed by atoms with Crippen LogP contribution in [0.15, 0.2) is 18.2 Å². The molecule has 2 aliphatic heterocycles. The molecule has 0 spiro atoms. The van der Waals surface area contributed by atoms with Gasteiger partial charge >= 0.3 is 0 Å². The molecule has 0 saturated carbocycles. The van der Waals surface area contributed by atoms with Gasteiger partial charge in [0.05, 0.1) is 21.7 Å². The molecule has 0 aromatic heterocycles. The van der Waals surface area contributed by atoms with Crippen molar-refractivity contribution in [1.29, 1.82) is 0 Å². The summed E-state index contributed by atoms with van der Waals surface area (Å²) in [5, 5.41) is 3.88. The van der Waals surface area contributed by atoms with E-state index >= 15 is 0 Å². The highest BCUT2D eigenvalue weighted by Gasteiger charge is 2.31. The van der Waals surface area contributed by atoms with Crippen molar-refractivity contribution in [2.24, 2.45) is 0 Å². The molecule has 2 amide bonds. The van der Waals surface area contributed by atoms with Crippen molar-refractivity contribution >= 4 is 35.0 Å². The third-order valence-electron chi connectivity index (χ3n) is 4.42. The summed E-state index contributed by atoms with van der Waals surface area (Å²) in [5.74, 6) is 0.0129. The lowest BCUT2D eigenvalue weighted by atomic mass is 10.1. The van der Waals surface area contributed by atoms with Crippen LogP contribution >= 0.6 is 23.2 Å². The van der Waals surface area contributed by atoms with Crippen LogP contribution in [0, 0.1) is 0 Å². The van der Waals surface area contributed by atoms with Gasteiger partial charge in [0.1, 0.15) is 0 Å². The highest BCUT2D eigenvalue weighted by atomic mass is 35.5. The molecule has 1 aromatic rings. The molecule has 2 aliphatic rings. The number of carbonyl (C=O) groups is 2. The zero-order valence-corrected chi connectivity index (χ0v) is 14.2. The van der Waals surface area contributed by atoms with E-state index in [0.29, 0.717) is 36.8 Å². The summed E-state index contributed by atoms with van der Waals surface area (Å²) in [7, 11) is 0. The molecule has 3 rings (SSSR count). The molecule has 1 aromatic carbocycles. The van der Waals surface area contributed by atoms with Gasteiger partial charge in [-0.2, -0.15) is 0 Å². The summed E-state index contributed by atoms with van der Waals surface area (Å²) in [6, 6.07) is 5.00. The van der Waals surface area contributed by atoms with Crippen LogP contribution in [0.5, 0.6) is 0 Å². The summed E-state index contributed by atoms with van der Waals surface area (Å²) in [4.78, 5) is 28.5. The van der Waals surface area contributed by atoms with E-state index in [1.54, 1.807) is 23.1 Å². The third-order valence-corrected chi connectivity index (χ3v) is 5.24. The number of carbonyl (C=O) groups excluding carboxylic acids is 2. The van der Waals surface area contributed by atoms with Gasteiger partial charge in [-0.25, -0.2) is 0 Å². The van der Waals surface area contributed by atoms with Gasteiger partial charge in [-0.3, -0.25) is 9.59 Å². The molecule has 0 bridgehead atoms. The Morgan fingerprint density at radius 3 is 2.43 bits per heavy atom. The van der Waals surface area contributed by atoms with E-state index < -0.39 is 0 Å². The first-order valence-corrected chi connectivity index (χ1v) is 8.59. The van der Waals surface area contributed by atoms with Gasteiger partial charge in [0.2, 0.25) is 5.91 Å². The fourth-order valence-electron chi connectivity index (χ4n) is 3.08. The summed E-state index contributed by atoms with van der Waals surface area (Å²) >= 11 is 12.1. The summed E-state index contributed by atoms with van der Waals surface area (Å²) < 4.78 is 0. The number of piperazine rings is 1. The second-order valence-corrected chi connectivity index (χ2v) is 6.65. The zero-order valence-electron chi connectivity index (χ0n) is 12.7. The standard InChI is InChI=1S/C16H19Cl2N3O2/c17-12-4-1-3-11(14(12)18)15(22)20-7-9-21(10-8-20)16(23)13-5-2-6-19-13/h1,3-4,13,19H,2,5-10H2. The molecule has 1 atom stereocenters. The Hall–Kier alpha value is -1.30. The second kappa shape index (κ2) is 7.07. The van der Waals surface area contributed by atoms with Crippen molar-refractivity contribution in [3.05, 3.63) is 33.8 Å². The highest BCUT2D eigenvalue weighted by molar-refractivity contribution is 6.43. The first kappa shape index (κ1) is 16.6. The molecule has 124 valence electrons. The first-order chi connectivity index (χ1) is 11.1. The number of benzene rings is 1. The van der Waals surface area contributed by atoms with Crippen LogP contribution < -0.4 is 5.32 Å². The van der Waals surface area contributed by atoms with Gasteiger partial charge in [-0.05, 0) is 31.5 Å². The lowest BCUT2D eigenvalue weighted by molar-refractivity contribution is -0.134. The van der Waals surface area contributed by atoms with Crippen LogP contribution in [0.1, 0.15) is 23.2 Å². The van der Waals surface area contributed by atoms with Gasteiger partial charge in [0, 0.05) is 26.2 Å². The number of hydrogen-bond acceptors (Lipinski definition) is 3. The SMILES string of the molecule is O=C(c1cccc(Cl)c1Cl)N1CCN(C(=O)C2CCCN2)CC1. The lowest BCUT2D eigenvalue weighted by Gasteiger charge is -2.36. The van der Waals surface area contributed by atoms with Crippen molar-refractivity contribution in [2.45, 2.75) is 18.9 Å². The van der Waals surface area contributed by atoms with Gasteiger partial charge in [-0.1, -0.05) is 29.3 Å². The topological polar surface area (TPSA) is 52.7 Å². The highest BCUT2D eigenvalue weighted by Crippen LogP contribution is 2.26. The molecule has 5 nitrogen and oxygen atoms in total. The predicted octanol–water partition coefficient (Wildman–Crippen LogP) is 2.03. The molecule has 1 N–H and O–H groups in total. The van der Waals surface area contributed by atoms with Crippen LogP contribution in [0.25, 0.3) is 0 Å². The van der Waals surface area contributed by atoms with E-state index in [2.05, 4.69) is 5.32 Å². The van der Waals surface area contributed by atoms with E-state index in [9.17, 15) is 9.59 Å². The van der Waals surface area contributed by atoms with Gasteiger partial charge < -0.3 is 15.1 Å². The number of amides is 2. The average molecular weight is 356 g/mol. The minimum absolute atomic E-state index is 0.0559. The van der Waals surface area contributed by atoms with Crippen molar-refractivity contribution in [3.8, 4) is 0 Å². The maximum absolute atomic E-state index is 12.6. The molecule has 2 saturated heterocycles. The van der Waals surface area contributed by atoms with Crippen LogP contribution in [-0.2, 0) is 4.79 Å². The van der Waals surface area contributed by atoms with Crippen molar-refractivity contribution in [1.82, 2.24) is 15.1 Å². The minimum atomic E-state index is -0.136. The van der Waals surface area contributed by atoms with E-state index in [4.69, 9.17) is 23.2 Å². The quantitative estimate of drug-likeness (QED) is 0.882. The van der Waals surface area contributed by atoms with Crippen LogP contribution in [0.2, 0.25) is 10.0 Å². The van der Waals surface area contributed by atoms with E-state index in [0.717, 1.165) is 19.4 Å². The number of rotatable bonds is 2. The monoisotopic (exact) mass is 355 g/mol. The molecule has 2 fully saturated rings. The maximum Gasteiger partial charge on any atom is 0.255 e. The van der Waals surface area contributed by atoms with Gasteiger partial charge in [0.15, 0.2) is 0 Å². The summed E-state index contributed by atoms with van der Waals surface area (Å²) in [6.07, 6.45) is 1.94. The number of nitrogens with one attached hydrogen (secondary N) is 1. The number of hydrogen-bond donors (Lipinski definition) is 1. The Morgan fingerprint density at radius 2 is 1.78 bits per heavy atom. The molecule has 0 radical (unpaired) electrons. The fourth-order valence-corrected chi connectivity index (χ4v) is 3.47. The fraction of sp³-hybridized carbons (Fsp3) is 0.500. The van der Waals surface area contributed by atoms with E-state index in [1.807, 2.05) is 4.90 Å². The van der Waals surface area contributed by atoms with E-state index in [-0.39, 0.29) is 22.9 Å². The van der Waals surface area contributed by atoms with Crippen molar-refractivity contribution < 1.29 is 9.59 Å². The predicted molar refractivity (Wildman–Crippen MR) is 90.0 cm³/mol. The second-order valence-electron chi connectivity index (χ2n) is 5.87. The molecule has 2 heterocycles. The van der Waals surface area contributed by atoms with Crippen molar-refractivity contribution in [3.63, 3.8) is 0 Å². The number of nitrogens with zero attached hydrogens (tertiary/aromatic N) is 2. The Morgan fingerprint density at radius 1 is 1.09 bits per heavy atom. The molecular formula is C16H19Cl2N3O2. The normalized spacial score (nSPS) is 21.6. The van der Waals surface area contributed by atoms with Crippen LogP contribution in [0.4, 0.5) is 0 Å². The smallest absolute Gasteiger partial charge is 0.255 e. The van der Waals surface area contributed by atoms with Gasteiger partial charge in [-0.15, -0.1) is 0 Å². The number of halogens is 2. The van der Waals surface area contributed by atoms with Crippen LogP contribution in [0.3, 0.4) is 0 Å². The Kier molecular flexibility index (Phi) is 5.09. The minimum Gasteiger partial charge on any atom is -0.338 e. The Labute approximate surface area is 145 Å². The molecule has 0 aliphatic carbocycles. The zero-order chi connectivity index (χ0) is 16.4. The third kappa shape index (κ3) is 3.47. The Bertz CT molecular complexity index is 609. The summed E-state index contributed by atoms with van der Waals surface area (Å²) in [6.45, 7) is 3.05. The average Bonchev–Trinajstić information content (AvgIpc) is 3.11. The summed E-state index contributed by atoms with van der Waals surface area (Å²) in [5.41, 5.74) is 0.413. The van der Waals surface area contributed by atoms with Crippen molar-refractivity contribution in [2.75, 3.05) is 32.7 Å². The molecular weight excluding hydrogens is 337 g/mol. The molecule has 1 unspecified atom stereocenters. The maximum atomic E-state index is 12.6.